The van der Waals surface area contributed by atoms with Gasteiger partial charge < -0.3 is 14.2 Å². The van der Waals surface area contributed by atoms with Gasteiger partial charge in [0.2, 0.25) is 16.0 Å². The van der Waals surface area contributed by atoms with Crippen LogP contribution in [0.2, 0.25) is 0 Å². The van der Waals surface area contributed by atoms with E-state index in [0.29, 0.717) is 28.6 Å². The van der Waals surface area contributed by atoms with E-state index in [1.807, 2.05) is 6.92 Å². The van der Waals surface area contributed by atoms with E-state index in [1.54, 1.807) is 55.1 Å². The summed E-state index contributed by atoms with van der Waals surface area (Å²) in [4.78, 5) is 12.5. The Morgan fingerprint density at radius 2 is 1.57 bits per heavy atom. The minimum atomic E-state index is -4.09. The zero-order valence-electron chi connectivity index (χ0n) is 21.0. The molecule has 0 aliphatic rings. The van der Waals surface area contributed by atoms with E-state index in [4.69, 9.17) is 14.2 Å². The normalized spacial score (nSPS) is 13.1. The molecule has 0 radical (unpaired) electrons. The first-order chi connectivity index (χ1) is 17.8. The van der Waals surface area contributed by atoms with Crippen LogP contribution in [0.4, 0.5) is 5.95 Å². The standard InChI is InChI=1S/C24H27N7O5S/c1-15-13-26-22(27-14-15)21(36-5)16(2)37(32,33)30-24-29-28-23(17-9-11-25-12-10-17)31(24)20-18(34-3)7-6-8-19(20)35-4/h6-14,16,21H,1-5H3,(H,29,30). The van der Waals surface area contributed by atoms with Crippen molar-refractivity contribution in [2.75, 3.05) is 26.1 Å². The van der Waals surface area contributed by atoms with E-state index < -0.39 is 21.4 Å². The third-order valence-electron chi connectivity index (χ3n) is 5.69. The molecule has 0 spiro atoms. The molecule has 37 heavy (non-hydrogen) atoms. The van der Waals surface area contributed by atoms with E-state index in [0.717, 1.165) is 5.56 Å². The Morgan fingerprint density at radius 1 is 0.946 bits per heavy atom. The van der Waals surface area contributed by atoms with Crippen LogP contribution in [0.25, 0.3) is 17.1 Å². The SMILES string of the molecule is COc1cccc(OC)c1-n1c(NS(=O)(=O)C(C)C(OC)c2ncc(C)cn2)nnc1-c1ccncc1. The summed E-state index contributed by atoms with van der Waals surface area (Å²) in [5.74, 6) is 1.37. The van der Waals surface area contributed by atoms with Crippen LogP contribution in [-0.2, 0) is 14.8 Å². The van der Waals surface area contributed by atoms with Gasteiger partial charge in [-0.2, -0.15) is 0 Å². The third-order valence-corrected chi connectivity index (χ3v) is 7.38. The number of hydrogen-bond acceptors (Lipinski definition) is 10. The zero-order valence-corrected chi connectivity index (χ0v) is 21.8. The summed E-state index contributed by atoms with van der Waals surface area (Å²) in [5.41, 5.74) is 1.91. The first kappa shape index (κ1) is 26.0. The molecule has 194 valence electrons. The fourth-order valence-electron chi connectivity index (χ4n) is 3.74. The fourth-order valence-corrected chi connectivity index (χ4v) is 4.87. The number of sulfonamides is 1. The molecule has 13 heteroatoms. The van der Waals surface area contributed by atoms with E-state index in [1.165, 1.54) is 32.8 Å². The maximum atomic E-state index is 13.6. The van der Waals surface area contributed by atoms with Crippen LogP contribution in [0.1, 0.15) is 24.4 Å². The predicted molar refractivity (Wildman–Crippen MR) is 136 cm³/mol. The topological polar surface area (TPSA) is 143 Å². The summed E-state index contributed by atoms with van der Waals surface area (Å²) >= 11 is 0. The average molecular weight is 526 g/mol. The first-order valence-electron chi connectivity index (χ1n) is 11.2. The molecule has 0 saturated heterocycles. The minimum Gasteiger partial charge on any atom is -0.494 e. The Bertz CT molecular complexity index is 1440. The minimum absolute atomic E-state index is 0.0684. The lowest BCUT2D eigenvalue weighted by atomic mass is 10.2. The second kappa shape index (κ2) is 10.9. The quantitative estimate of drug-likeness (QED) is 0.328. The van der Waals surface area contributed by atoms with Crippen LogP contribution < -0.4 is 14.2 Å². The van der Waals surface area contributed by atoms with Gasteiger partial charge in [-0.25, -0.2) is 18.4 Å². The Kier molecular flexibility index (Phi) is 7.64. The molecule has 1 aromatic carbocycles. The van der Waals surface area contributed by atoms with Crippen molar-refractivity contribution in [3.05, 3.63) is 66.5 Å². The average Bonchev–Trinajstić information content (AvgIpc) is 3.32. The van der Waals surface area contributed by atoms with Crippen molar-refractivity contribution < 1.29 is 22.6 Å². The number of methoxy groups -OCH3 is 3. The number of anilines is 1. The van der Waals surface area contributed by atoms with Crippen LogP contribution in [0.5, 0.6) is 11.5 Å². The highest BCUT2D eigenvalue weighted by Crippen LogP contribution is 2.38. The number of aromatic nitrogens is 6. The number of para-hydroxylation sites is 1. The predicted octanol–water partition coefficient (Wildman–Crippen LogP) is 2.96. The highest BCUT2D eigenvalue weighted by molar-refractivity contribution is 7.93. The molecule has 3 heterocycles. The lowest BCUT2D eigenvalue weighted by Crippen LogP contribution is -2.33. The van der Waals surface area contributed by atoms with Gasteiger partial charge in [0, 0.05) is 37.5 Å². The second-order valence-electron chi connectivity index (χ2n) is 8.06. The molecule has 4 rings (SSSR count). The summed E-state index contributed by atoms with van der Waals surface area (Å²) in [6, 6.07) is 8.68. The smallest absolute Gasteiger partial charge is 0.243 e. The van der Waals surface area contributed by atoms with E-state index in [-0.39, 0.29) is 11.8 Å². The molecule has 1 N–H and O–H groups in total. The molecule has 0 bridgehead atoms. The summed E-state index contributed by atoms with van der Waals surface area (Å²) in [6.45, 7) is 3.35. The fraction of sp³-hybridized carbons (Fsp3) is 0.292. The van der Waals surface area contributed by atoms with E-state index >= 15 is 0 Å². The maximum absolute atomic E-state index is 13.6. The Hall–Kier alpha value is -4.10. The van der Waals surface area contributed by atoms with Crippen molar-refractivity contribution in [1.82, 2.24) is 29.7 Å². The monoisotopic (exact) mass is 525 g/mol. The molecule has 4 aromatic rings. The maximum Gasteiger partial charge on any atom is 0.243 e. The molecule has 0 saturated carbocycles. The number of pyridine rings is 1. The largest absolute Gasteiger partial charge is 0.494 e. The summed E-state index contributed by atoms with van der Waals surface area (Å²) in [7, 11) is 0.323. The molecule has 12 nitrogen and oxygen atoms in total. The van der Waals surface area contributed by atoms with Gasteiger partial charge >= 0.3 is 0 Å². The van der Waals surface area contributed by atoms with Gasteiger partial charge in [0.25, 0.3) is 0 Å². The van der Waals surface area contributed by atoms with Crippen molar-refractivity contribution in [2.24, 2.45) is 0 Å². The molecule has 3 aromatic heterocycles. The first-order valence-corrected chi connectivity index (χ1v) is 12.8. The van der Waals surface area contributed by atoms with Gasteiger partial charge in [-0.15, -0.1) is 10.2 Å². The number of nitrogens with one attached hydrogen (secondary N) is 1. The van der Waals surface area contributed by atoms with Crippen LogP contribution in [0.15, 0.2) is 55.1 Å². The van der Waals surface area contributed by atoms with Gasteiger partial charge in [0.1, 0.15) is 28.5 Å². The van der Waals surface area contributed by atoms with Gasteiger partial charge in [0.05, 0.1) is 14.2 Å². The van der Waals surface area contributed by atoms with Gasteiger partial charge in [-0.1, -0.05) is 6.07 Å². The number of aryl methyl sites for hydroxylation is 1. The molecule has 0 aliphatic heterocycles. The molecule has 0 aliphatic carbocycles. The van der Waals surface area contributed by atoms with Crippen LogP contribution in [0.3, 0.4) is 0 Å². The lowest BCUT2D eigenvalue weighted by molar-refractivity contribution is 0.0949. The molecular formula is C24H27N7O5S. The van der Waals surface area contributed by atoms with E-state index in [9.17, 15) is 8.42 Å². The summed E-state index contributed by atoms with van der Waals surface area (Å²) < 4.78 is 47.9. The molecular weight excluding hydrogens is 498 g/mol. The molecule has 2 unspecified atom stereocenters. The van der Waals surface area contributed by atoms with Crippen molar-refractivity contribution in [2.45, 2.75) is 25.2 Å². The van der Waals surface area contributed by atoms with E-state index in [2.05, 4.69) is 29.9 Å². The van der Waals surface area contributed by atoms with Crippen LogP contribution in [0, 0.1) is 6.92 Å². The van der Waals surface area contributed by atoms with Crippen molar-refractivity contribution in [3.63, 3.8) is 0 Å². The van der Waals surface area contributed by atoms with Crippen LogP contribution in [-0.4, -0.2) is 64.7 Å². The highest BCUT2D eigenvalue weighted by atomic mass is 32.2. The van der Waals surface area contributed by atoms with Gasteiger partial charge in [0.15, 0.2) is 11.6 Å². The van der Waals surface area contributed by atoms with Crippen molar-refractivity contribution in [1.29, 1.82) is 0 Å². The van der Waals surface area contributed by atoms with Crippen molar-refractivity contribution >= 4 is 16.0 Å². The summed E-state index contributed by atoms with van der Waals surface area (Å²) in [6.07, 6.45) is 5.48. The van der Waals surface area contributed by atoms with Crippen molar-refractivity contribution in [3.8, 4) is 28.6 Å². The lowest BCUT2D eigenvalue weighted by Gasteiger charge is -2.23. The molecule has 0 amide bonds. The number of benzene rings is 1. The molecule has 0 fully saturated rings. The zero-order chi connectivity index (χ0) is 26.6. The Balaban J connectivity index is 1.83. The second-order valence-corrected chi connectivity index (χ2v) is 10.1. The van der Waals surface area contributed by atoms with Crippen LogP contribution >= 0.6 is 0 Å². The molecule has 2 atom stereocenters. The third kappa shape index (κ3) is 5.22. The van der Waals surface area contributed by atoms with Gasteiger partial charge in [-0.3, -0.25) is 14.3 Å². The summed E-state index contributed by atoms with van der Waals surface area (Å²) in [5, 5.41) is 7.37. The van der Waals surface area contributed by atoms with Gasteiger partial charge in [-0.05, 0) is 43.7 Å². The number of hydrogen-bond donors (Lipinski definition) is 1. The number of nitrogens with zero attached hydrogens (tertiary/aromatic N) is 6. The number of ether oxygens (including phenoxy) is 3. The number of rotatable bonds is 10. The highest BCUT2D eigenvalue weighted by Gasteiger charge is 2.35. The Morgan fingerprint density at radius 3 is 2.14 bits per heavy atom. The Labute approximate surface area is 214 Å².